The van der Waals surface area contributed by atoms with Crippen molar-refractivity contribution in [3.8, 4) is 0 Å². The molecule has 0 aliphatic carbocycles. The van der Waals surface area contributed by atoms with Gasteiger partial charge in [-0.05, 0) is 0 Å². The van der Waals surface area contributed by atoms with E-state index in [1.165, 1.54) is 0 Å². The zero-order valence-electron chi connectivity index (χ0n) is 15.6. The summed E-state index contributed by atoms with van der Waals surface area (Å²) >= 11 is 6.76. The number of hydrogen-bond donors (Lipinski definition) is 3. The van der Waals surface area contributed by atoms with Crippen LogP contribution in [0.15, 0.2) is 5.16 Å². The van der Waals surface area contributed by atoms with Gasteiger partial charge >= 0.3 is 45.8 Å². The minimum atomic E-state index is -5.05. The van der Waals surface area contributed by atoms with Crippen LogP contribution >= 0.6 is 22.9 Å². The number of nitrogens with one attached hydrogen (secondary N) is 1. The number of hydrogen-bond acceptors (Lipinski definition) is 11. The van der Waals surface area contributed by atoms with E-state index in [0.717, 1.165) is 25.6 Å². The molecule has 2 heterocycles. The second-order valence-electron chi connectivity index (χ2n) is 4.83. The first kappa shape index (κ1) is 24.5. The van der Waals surface area contributed by atoms with E-state index >= 15 is 0 Å². The maximum atomic E-state index is 12.5. The molecule has 0 radical (unpaired) electrons. The number of thiazole rings is 1. The van der Waals surface area contributed by atoms with Gasteiger partial charge in [-0.25, -0.2) is 9.78 Å². The molecule has 17 heteroatoms. The van der Waals surface area contributed by atoms with Gasteiger partial charge in [0.15, 0.2) is 16.9 Å². The van der Waals surface area contributed by atoms with E-state index in [2.05, 4.69) is 25.0 Å². The van der Waals surface area contributed by atoms with Crippen molar-refractivity contribution in [1.29, 1.82) is 0 Å². The van der Waals surface area contributed by atoms with Crippen molar-refractivity contribution in [2.45, 2.75) is 12.1 Å². The standard InChI is InChI=1S/C11H12ClN5O8S2.Na.H/c1-24-10(20)6-5(9(19)17(6)27(21,22)23)14-8(18)4(16-25-2)3-7(12)26-11(13)15-3;;/h5-6H,1-2H3,(H2,13,15)(H,14,18)(H,21,22,23);;/q;+1;-1/b16-4-;;. The Morgan fingerprint density at radius 3 is 2.50 bits per heavy atom. The number of halogens is 1. The molecule has 1 aromatic rings. The van der Waals surface area contributed by atoms with Crippen LogP contribution in [0, 0.1) is 0 Å². The predicted octanol–water partition coefficient (Wildman–Crippen LogP) is -4.48. The van der Waals surface area contributed by atoms with Crippen LogP contribution in [0.5, 0.6) is 0 Å². The molecule has 2 amide bonds. The number of nitrogen functional groups attached to an aromatic ring is 1. The number of methoxy groups -OCH3 is 1. The number of nitrogens with two attached hydrogens (primary N) is 1. The molecule has 13 nitrogen and oxygen atoms in total. The second kappa shape index (κ2) is 9.34. The Labute approximate surface area is 190 Å². The van der Waals surface area contributed by atoms with Crippen molar-refractivity contribution in [2.75, 3.05) is 20.0 Å². The normalized spacial score (nSPS) is 19.4. The fourth-order valence-corrected chi connectivity index (χ4v) is 3.93. The van der Waals surface area contributed by atoms with E-state index in [1.807, 2.05) is 0 Å². The number of ether oxygens (including phenoxy) is 1. The summed E-state index contributed by atoms with van der Waals surface area (Å²) < 4.78 is 35.8. The average molecular weight is 466 g/mol. The van der Waals surface area contributed by atoms with Gasteiger partial charge < -0.3 is 22.1 Å². The summed E-state index contributed by atoms with van der Waals surface area (Å²) in [5.41, 5.74) is 4.88. The molecule has 28 heavy (non-hydrogen) atoms. The number of carbonyl (C=O) groups is 3. The third kappa shape index (κ3) is 4.73. The number of aromatic nitrogens is 1. The average Bonchev–Trinajstić information content (AvgIpc) is 2.90. The predicted molar refractivity (Wildman–Crippen MR) is 92.3 cm³/mol. The molecular formula is C11H13ClN5NaO8S2. The summed E-state index contributed by atoms with van der Waals surface area (Å²) in [6, 6.07) is -3.45. The van der Waals surface area contributed by atoms with Crippen molar-refractivity contribution in [1.82, 2.24) is 14.6 Å². The summed E-state index contributed by atoms with van der Waals surface area (Å²) in [4.78, 5) is 44.6. The molecule has 0 saturated carbocycles. The van der Waals surface area contributed by atoms with Gasteiger partial charge in [0.25, 0.3) is 11.8 Å². The van der Waals surface area contributed by atoms with E-state index in [9.17, 15) is 22.8 Å². The quantitative estimate of drug-likeness (QED) is 0.0921. The monoisotopic (exact) mass is 465 g/mol. The topological polar surface area (TPSA) is 191 Å². The SMILES string of the molecule is CO/N=C(\C(=O)NC1C(=O)N(S(=O)(=O)O)C1C(=O)OC)c1nc(N)sc1Cl.[H-].[Na+]. The van der Waals surface area contributed by atoms with Crippen molar-refractivity contribution < 1.29 is 67.9 Å². The fraction of sp³-hybridized carbons (Fsp3) is 0.364. The minimum absolute atomic E-state index is 0. The molecule has 0 spiro atoms. The molecule has 1 aliphatic rings. The maximum absolute atomic E-state index is 12.5. The second-order valence-corrected chi connectivity index (χ2v) is 7.75. The van der Waals surface area contributed by atoms with Crippen LogP contribution in [0.3, 0.4) is 0 Å². The smallest absolute Gasteiger partial charge is 1.00 e. The van der Waals surface area contributed by atoms with Gasteiger partial charge in [0, 0.05) is 0 Å². The summed E-state index contributed by atoms with van der Waals surface area (Å²) in [6.07, 6.45) is 0. The molecule has 0 aromatic carbocycles. The van der Waals surface area contributed by atoms with E-state index in [1.54, 1.807) is 0 Å². The zero-order chi connectivity index (χ0) is 20.5. The first-order valence-corrected chi connectivity index (χ1v) is 9.34. The fourth-order valence-electron chi connectivity index (χ4n) is 2.17. The third-order valence-corrected chi connectivity index (χ3v) is 5.24. The molecule has 2 atom stereocenters. The van der Waals surface area contributed by atoms with Crippen molar-refractivity contribution >= 4 is 61.9 Å². The molecule has 2 rings (SSSR count). The van der Waals surface area contributed by atoms with Crippen molar-refractivity contribution in [3.05, 3.63) is 10.0 Å². The third-order valence-electron chi connectivity index (χ3n) is 3.25. The number of rotatable bonds is 6. The van der Waals surface area contributed by atoms with Crippen LogP contribution in [0.2, 0.25) is 4.34 Å². The van der Waals surface area contributed by atoms with Crippen LogP contribution in [0.1, 0.15) is 7.12 Å². The van der Waals surface area contributed by atoms with Crippen LogP contribution in [-0.2, 0) is 34.3 Å². The summed E-state index contributed by atoms with van der Waals surface area (Å²) in [5, 5.41) is 5.59. The molecule has 2 unspecified atom stereocenters. The number of nitrogens with zero attached hydrogens (tertiary/aromatic N) is 3. The van der Waals surface area contributed by atoms with Gasteiger partial charge in [0.1, 0.15) is 23.2 Å². The maximum Gasteiger partial charge on any atom is 1.00 e. The van der Waals surface area contributed by atoms with Crippen molar-refractivity contribution in [2.24, 2.45) is 5.16 Å². The molecule has 1 fully saturated rings. The summed E-state index contributed by atoms with van der Waals surface area (Å²) in [6.45, 7) is 0. The summed E-state index contributed by atoms with van der Waals surface area (Å²) in [7, 11) is -2.99. The number of carbonyl (C=O) groups excluding carboxylic acids is 3. The van der Waals surface area contributed by atoms with Gasteiger partial charge in [0.2, 0.25) is 0 Å². The van der Waals surface area contributed by atoms with Gasteiger partial charge in [-0.3, -0.25) is 14.1 Å². The van der Waals surface area contributed by atoms with Gasteiger partial charge in [0.05, 0.1) is 7.11 Å². The Hall–Kier alpha value is -1.49. The number of esters is 1. The van der Waals surface area contributed by atoms with E-state index in [-0.39, 0.29) is 50.5 Å². The Morgan fingerprint density at radius 2 is 2.07 bits per heavy atom. The van der Waals surface area contributed by atoms with E-state index in [0.29, 0.717) is 0 Å². The first-order chi connectivity index (χ1) is 12.5. The van der Waals surface area contributed by atoms with E-state index in [4.69, 9.17) is 21.9 Å². The number of β-lactam (4-membered cyclic amide) rings is 1. The Kier molecular flexibility index (Phi) is 8.19. The molecule has 0 bridgehead atoms. The zero-order valence-corrected chi connectivity index (χ0v) is 19.0. The Morgan fingerprint density at radius 1 is 1.46 bits per heavy atom. The molecule has 1 aromatic heterocycles. The largest absolute Gasteiger partial charge is 1.00 e. The van der Waals surface area contributed by atoms with Crippen molar-refractivity contribution in [3.63, 3.8) is 0 Å². The van der Waals surface area contributed by atoms with Gasteiger partial charge in [-0.2, -0.15) is 12.7 Å². The summed E-state index contributed by atoms with van der Waals surface area (Å²) in [5.74, 6) is -3.51. The molecule has 1 saturated heterocycles. The van der Waals surface area contributed by atoms with Crippen LogP contribution in [-0.4, -0.2) is 72.1 Å². The number of anilines is 1. The molecule has 4 N–H and O–H groups in total. The molecule has 1 aliphatic heterocycles. The number of amides is 2. The van der Waals surface area contributed by atoms with E-state index < -0.39 is 45.9 Å². The van der Waals surface area contributed by atoms with Gasteiger partial charge in [-0.1, -0.05) is 28.1 Å². The van der Waals surface area contributed by atoms with Crippen LogP contribution in [0.25, 0.3) is 0 Å². The minimum Gasteiger partial charge on any atom is -1.00 e. The van der Waals surface area contributed by atoms with Crippen LogP contribution in [0.4, 0.5) is 5.13 Å². The molecule has 150 valence electrons. The first-order valence-electron chi connectivity index (χ1n) is 6.75. The Balaban J connectivity index is 0.00000392. The molecular weight excluding hydrogens is 453 g/mol. The number of oxime groups is 1. The van der Waals surface area contributed by atoms with Crippen LogP contribution < -0.4 is 40.6 Å². The van der Waals surface area contributed by atoms with Gasteiger partial charge in [-0.15, -0.1) is 0 Å². The Bertz CT molecular complexity index is 942.